The van der Waals surface area contributed by atoms with Gasteiger partial charge in [-0.2, -0.15) is 0 Å². The van der Waals surface area contributed by atoms with E-state index >= 15 is 0 Å². The molecule has 0 rings (SSSR count). The van der Waals surface area contributed by atoms with E-state index in [2.05, 4.69) is 34.3 Å². The van der Waals surface area contributed by atoms with Gasteiger partial charge in [-0.3, -0.25) is 0 Å². The van der Waals surface area contributed by atoms with E-state index in [4.69, 9.17) is 4.74 Å². The predicted octanol–water partition coefficient (Wildman–Crippen LogP) is 10.8. The molecule has 3 heteroatoms. The van der Waals surface area contributed by atoms with Crippen molar-refractivity contribution in [1.82, 2.24) is 0 Å². The third-order valence-corrected chi connectivity index (χ3v) is 10.2. The van der Waals surface area contributed by atoms with Crippen LogP contribution in [0.4, 0.5) is 0 Å². The van der Waals surface area contributed by atoms with Gasteiger partial charge in [-0.05, 0) is 31.6 Å². The lowest BCUT2D eigenvalue weighted by molar-refractivity contribution is -0.138. The predicted molar refractivity (Wildman–Crippen MR) is 151 cm³/mol. The quantitative estimate of drug-likeness (QED) is 0.0559. The van der Waals surface area contributed by atoms with Crippen LogP contribution in [-0.2, 0) is 9.53 Å². The molecule has 196 valence electrons. The number of rotatable bonds is 25. The summed E-state index contributed by atoms with van der Waals surface area (Å²) in [5.74, 6) is -0.214. The number of carbonyl (C=O) groups excluding carboxylic acids is 1. The molecule has 0 aliphatic rings. The molecule has 0 spiro atoms. The zero-order chi connectivity index (χ0) is 24.6. The summed E-state index contributed by atoms with van der Waals surface area (Å²) in [6.45, 7) is 12.5. The first-order valence-electron chi connectivity index (χ1n) is 14.7. The van der Waals surface area contributed by atoms with Crippen LogP contribution in [0.2, 0.25) is 0 Å². The summed E-state index contributed by atoms with van der Waals surface area (Å²) in [7, 11) is -0.262. The number of ether oxygens (including phenoxy) is 1. The number of unbranched alkanes of at least 4 members (excludes halogenated alkanes) is 17. The van der Waals surface area contributed by atoms with Crippen LogP contribution in [0.1, 0.15) is 156 Å². The maximum absolute atomic E-state index is 11.6. The molecule has 33 heavy (non-hydrogen) atoms. The Morgan fingerprint density at radius 1 is 0.697 bits per heavy atom. The first-order chi connectivity index (χ1) is 16.1. The topological polar surface area (TPSA) is 26.3 Å². The van der Waals surface area contributed by atoms with Crippen molar-refractivity contribution in [3.05, 3.63) is 12.7 Å². The summed E-state index contributed by atoms with van der Waals surface area (Å²) >= 11 is 0. The average Bonchev–Trinajstić information content (AvgIpc) is 2.80. The van der Waals surface area contributed by atoms with E-state index in [-0.39, 0.29) is 19.7 Å². The van der Waals surface area contributed by atoms with Gasteiger partial charge in [0.1, 0.15) is 5.85 Å². The van der Waals surface area contributed by atoms with E-state index in [9.17, 15) is 4.79 Å². The SMILES string of the molecule is C=CC(=O)OC(C)P(CCCCCCCCCCCCCCCCCCCC)C(C)CCC. The van der Waals surface area contributed by atoms with Crippen LogP contribution in [0.5, 0.6) is 0 Å². The molecule has 0 aromatic rings. The van der Waals surface area contributed by atoms with E-state index in [1.807, 2.05) is 0 Å². The molecule has 0 radical (unpaired) electrons. The molecule has 0 aromatic heterocycles. The molecule has 2 nitrogen and oxygen atoms in total. The van der Waals surface area contributed by atoms with Crippen molar-refractivity contribution in [2.75, 3.05) is 6.16 Å². The molecule has 0 bridgehead atoms. The van der Waals surface area contributed by atoms with E-state index in [0.717, 1.165) is 0 Å². The van der Waals surface area contributed by atoms with E-state index < -0.39 is 0 Å². The second kappa shape index (κ2) is 24.8. The zero-order valence-corrected chi connectivity index (χ0v) is 23.9. The summed E-state index contributed by atoms with van der Waals surface area (Å²) in [6.07, 6.45) is 30.5. The van der Waals surface area contributed by atoms with Crippen LogP contribution in [0.25, 0.3) is 0 Å². The third-order valence-electron chi connectivity index (χ3n) is 6.96. The molecule has 3 atom stereocenters. The molecular weight excluding hydrogens is 423 g/mol. The van der Waals surface area contributed by atoms with Crippen molar-refractivity contribution < 1.29 is 9.53 Å². The summed E-state index contributed by atoms with van der Waals surface area (Å²) in [6, 6.07) is 0. The molecule has 0 aliphatic heterocycles. The van der Waals surface area contributed by atoms with Crippen LogP contribution in [-0.4, -0.2) is 23.6 Å². The molecular formula is C30H59O2P. The highest BCUT2D eigenvalue weighted by Gasteiger charge is 2.24. The lowest BCUT2D eigenvalue weighted by Gasteiger charge is -2.29. The van der Waals surface area contributed by atoms with Crippen molar-refractivity contribution in [2.24, 2.45) is 0 Å². The normalized spacial score (nSPS) is 14.1. The second-order valence-electron chi connectivity index (χ2n) is 10.1. The number of hydrogen-bond donors (Lipinski definition) is 0. The maximum atomic E-state index is 11.6. The van der Waals surface area contributed by atoms with Gasteiger partial charge < -0.3 is 4.74 Å². The highest BCUT2D eigenvalue weighted by Crippen LogP contribution is 2.49. The summed E-state index contributed by atoms with van der Waals surface area (Å²) < 4.78 is 5.59. The lowest BCUT2D eigenvalue weighted by Crippen LogP contribution is -2.18. The van der Waals surface area contributed by atoms with E-state index in [0.29, 0.717) is 5.66 Å². The smallest absolute Gasteiger partial charge is 0.330 e. The van der Waals surface area contributed by atoms with E-state index in [1.165, 1.54) is 141 Å². The van der Waals surface area contributed by atoms with Gasteiger partial charge in [0.15, 0.2) is 0 Å². The average molecular weight is 483 g/mol. The maximum Gasteiger partial charge on any atom is 0.330 e. The number of hydrogen-bond acceptors (Lipinski definition) is 2. The molecule has 0 fully saturated rings. The molecule has 3 unspecified atom stereocenters. The second-order valence-corrected chi connectivity index (χ2v) is 13.2. The first-order valence-corrected chi connectivity index (χ1v) is 16.3. The van der Waals surface area contributed by atoms with Gasteiger partial charge >= 0.3 is 5.97 Å². The fourth-order valence-electron chi connectivity index (χ4n) is 4.82. The van der Waals surface area contributed by atoms with Gasteiger partial charge in [0.2, 0.25) is 0 Å². The molecule has 0 saturated heterocycles. The van der Waals surface area contributed by atoms with Crippen LogP contribution in [0.15, 0.2) is 12.7 Å². The van der Waals surface area contributed by atoms with Gasteiger partial charge in [0.25, 0.3) is 0 Å². The van der Waals surface area contributed by atoms with Crippen molar-refractivity contribution in [3.63, 3.8) is 0 Å². The van der Waals surface area contributed by atoms with Crippen LogP contribution in [0.3, 0.4) is 0 Å². The number of esters is 1. The third kappa shape index (κ3) is 20.7. The minimum atomic E-state index is -0.267. The lowest BCUT2D eigenvalue weighted by atomic mass is 10.0. The molecule has 0 aromatic carbocycles. The number of carbonyl (C=O) groups is 1. The Bertz CT molecular complexity index is 437. The Morgan fingerprint density at radius 3 is 1.45 bits per heavy atom. The van der Waals surface area contributed by atoms with E-state index in [1.54, 1.807) is 0 Å². The van der Waals surface area contributed by atoms with Crippen molar-refractivity contribution in [2.45, 2.75) is 168 Å². The Morgan fingerprint density at radius 2 is 1.09 bits per heavy atom. The van der Waals surface area contributed by atoms with Gasteiger partial charge in [-0.25, -0.2) is 4.79 Å². The van der Waals surface area contributed by atoms with Crippen LogP contribution < -0.4 is 0 Å². The highest BCUT2D eigenvalue weighted by atomic mass is 31.1. The van der Waals surface area contributed by atoms with Crippen molar-refractivity contribution in [1.29, 1.82) is 0 Å². The minimum Gasteiger partial charge on any atom is -0.455 e. The summed E-state index contributed by atoms with van der Waals surface area (Å²) in [4.78, 5) is 11.6. The van der Waals surface area contributed by atoms with Gasteiger partial charge in [0.05, 0.1) is 0 Å². The van der Waals surface area contributed by atoms with Gasteiger partial charge in [-0.15, -0.1) is 0 Å². The summed E-state index contributed by atoms with van der Waals surface area (Å²) in [5.41, 5.74) is 0.670. The molecule has 0 aliphatic carbocycles. The fraction of sp³-hybridized carbons (Fsp3) is 0.900. The van der Waals surface area contributed by atoms with Crippen molar-refractivity contribution >= 4 is 13.9 Å². The molecule has 0 saturated carbocycles. The highest BCUT2D eigenvalue weighted by molar-refractivity contribution is 7.58. The standard InChI is InChI=1S/C30H59O2P/c1-6-9-10-11-12-13-14-15-16-17-18-19-20-21-22-23-24-25-27-33(28(4)26-7-2)29(5)32-30(31)8-3/h8,28-29H,3,6-7,9-27H2,1-2,4-5H3. The molecule has 0 heterocycles. The minimum absolute atomic E-state index is 0.0536. The van der Waals surface area contributed by atoms with Crippen LogP contribution >= 0.6 is 7.92 Å². The Hall–Kier alpha value is -0.360. The van der Waals surface area contributed by atoms with Gasteiger partial charge in [0, 0.05) is 6.08 Å². The van der Waals surface area contributed by atoms with Crippen LogP contribution in [0, 0.1) is 0 Å². The largest absolute Gasteiger partial charge is 0.455 e. The Kier molecular flexibility index (Phi) is 24.5. The monoisotopic (exact) mass is 482 g/mol. The Labute approximate surface area is 209 Å². The Balaban J connectivity index is 3.61. The van der Waals surface area contributed by atoms with Crippen molar-refractivity contribution in [3.8, 4) is 0 Å². The zero-order valence-electron chi connectivity index (χ0n) is 23.1. The molecule has 0 N–H and O–H groups in total. The summed E-state index contributed by atoms with van der Waals surface area (Å²) in [5, 5.41) is 0. The fourth-order valence-corrected chi connectivity index (χ4v) is 7.76. The molecule has 0 amide bonds. The van der Waals surface area contributed by atoms with Gasteiger partial charge in [-0.1, -0.05) is 151 Å². The first kappa shape index (κ1) is 32.6.